The van der Waals surface area contributed by atoms with Crippen molar-refractivity contribution in [2.75, 3.05) is 6.54 Å². The second-order valence-corrected chi connectivity index (χ2v) is 7.63. The van der Waals surface area contributed by atoms with E-state index in [0.717, 1.165) is 24.1 Å². The lowest BCUT2D eigenvalue weighted by atomic mass is 9.95. The van der Waals surface area contributed by atoms with Crippen molar-refractivity contribution in [2.45, 2.75) is 49.8 Å². The van der Waals surface area contributed by atoms with Crippen molar-refractivity contribution < 1.29 is 8.42 Å². The van der Waals surface area contributed by atoms with Crippen LogP contribution in [0.3, 0.4) is 0 Å². The molecule has 0 radical (unpaired) electrons. The van der Waals surface area contributed by atoms with Crippen LogP contribution in [0.1, 0.15) is 38.5 Å². The molecule has 0 spiro atoms. The van der Waals surface area contributed by atoms with Gasteiger partial charge in [0.15, 0.2) is 0 Å². The predicted octanol–water partition coefficient (Wildman–Crippen LogP) is 2.53. The first-order valence-electron chi connectivity index (χ1n) is 6.24. The molecule has 0 aliphatic rings. The third-order valence-corrected chi connectivity index (χ3v) is 6.40. The topological polar surface area (TPSA) is 72.2 Å². The molecule has 19 heavy (non-hydrogen) atoms. The Bertz CT molecular complexity index is 482. The molecule has 0 amide bonds. The van der Waals surface area contributed by atoms with E-state index in [4.69, 9.17) is 5.73 Å². The molecule has 112 valence electrons. The van der Waals surface area contributed by atoms with Crippen LogP contribution >= 0.6 is 23.7 Å². The van der Waals surface area contributed by atoms with E-state index >= 15 is 0 Å². The summed E-state index contributed by atoms with van der Waals surface area (Å²) in [7, 11) is -3.41. The number of rotatable bonds is 7. The summed E-state index contributed by atoms with van der Waals surface area (Å²) >= 11 is 1.31. The normalized spacial score (nSPS) is 12.2. The van der Waals surface area contributed by atoms with E-state index in [2.05, 4.69) is 4.72 Å². The van der Waals surface area contributed by atoms with E-state index in [0.29, 0.717) is 4.21 Å². The third-order valence-electron chi connectivity index (χ3n) is 3.27. The lowest BCUT2D eigenvalue weighted by Crippen LogP contribution is -2.49. The second-order valence-electron chi connectivity index (χ2n) is 4.47. The van der Waals surface area contributed by atoms with E-state index in [9.17, 15) is 8.42 Å². The zero-order valence-electron chi connectivity index (χ0n) is 11.6. The molecule has 0 aliphatic heterocycles. The standard InChI is InChI=1S/C12H22N2O2S2.ClH/c1-4-10-7-8-11(17-10)18(15,16)14-9-12(13,5-2)6-3;/h7-8,14H,4-6,9,13H2,1-3H3;1H. The maximum atomic E-state index is 12.1. The maximum Gasteiger partial charge on any atom is 0.250 e. The first-order valence-corrected chi connectivity index (χ1v) is 8.54. The van der Waals surface area contributed by atoms with Crippen molar-refractivity contribution in [3.05, 3.63) is 17.0 Å². The van der Waals surface area contributed by atoms with Crippen LogP contribution < -0.4 is 10.5 Å². The van der Waals surface area contributed by atoms with Crippen LogP contribution in [0.25, 0.3) is 0 Å². The van der Waals surface area contributed by atoms with Crippen molar-refractivity contribution >= 4 is 33.8 Å². The molecular weight excluding hydrogens is 304 g/mol. The lowest BCUT2D eigenvalue weighted by molar-refractivity contribution is 0.392. The molecule has 1 rings (SSSR count). The van der Waals surface area contributed by atoms with Gasteiger partial charge in [0.1, 0.15) is 4.21 Å². The highest BCUT2D eigenvalue weighted by molar-refractivity contribution is 7.91. The fourth-order valence-corrected chi connectivity index (χ4v) is 3.98. The fraction of sp³-hybridized carbons (Fsp3) is 0.667. The van der Waals surface area contributed by atoms with Crippen LogP contribution in [0.5, 0.6) is 0 Å². The maximum absolute atomic E-state index is 12.1. The van der Waals surface area contributed by atoms with E-state index in [1.54, 1.807) is 6.07 Å². The molecule has 0 fully saturated rings. The molecule has 0 unspecified atom stereocenters. The van der Waals surface area contributed by atoms with Gasteiger partial charge < -0.3 is 5.73 Å². The van der Waals surface area contributed by atoms with Crippen molar-refractivity contribution in [2.24, 2.45) is 5.73 Å². The average molecular weight is 327 g/mol. The van der Waals surface area contributed by atoms with Crippen LogP contribution in [0.4, 0.5) is 0 Å². The summed E-state index contributed by atoms with van der Waals surface area (Å²) in [4.78, 5) is 1.07. The summed E-state index contributed by atoms with van der Waals surface area (Å²) < 4.78 is 27.1. The Balaban J connectivity index is 0.00000324. The Kier molecular flexibility index (Phi) is 7.54. The number of hydrogen-bond donors (Lipinski definition) is 2. The number of sulfonamides is 1. The summed E-state index contributed by atoms with van der Waals surface area (Å²) in [5.74, 6) is 0. The van der Waals surface area contributed by atoms with Gasteiger partial charge in [0.2, 0.25) is 10.0 Å². The van der Waals surface area contributed by atoms with Crippen molar-refractivity contribution in [3.8, 4) is 0 Å². The summed E-state index contributed by atoms with van der Waals surface area (Å²) in [6.45, 7) is 6.23. The Morgan fingerprint density at radius 2 is 1.84 bits per heavy atom. The predicted molar refractivity (Wildman–Crippen MR) is 83.6 cm³/mol. The van der Waals surface area contributed by atoms with Gasteiger partial charge in [-0.25, -0.2) is 13.1 Å². The molecule has 7 heteroatoms. The summed E-state index contributed by atoms with van der Waals surface area (Å²) in [6, 6.07) is 3.51. The Morgan fingerprint density at radius 3 is 2.26 bits per heavy atom. The Labute approximate surface area is 126 Å². The quantitative estimate of drug-likeness (QED) is 0.808. The molecule has 1 aromatic rings. The minimum atomic E-state index is -3.41. The van der Waals surface area contributed by atoms with Gasteiger partial charge in [-0.2, -0.15) is 0 Å². The van der Waals surface area contributed by atoms with E-state index in [1.165, 1.54) is 11.3 Å². The van der Waals surface area contributed by atoms with Crippen molar-refractivity contribution in [1.82, 2.24) is 4.72 Å². The molecule has 3 N–H and O–H groups in total. The van der Waals surface area contributed by atoms with Crippen LogP contribution in [0.15, 0.2) is 16.3 Å². The average Bonchev–Trinajstić information content (AvgIpc) is 2.85. The highest BCUT2D eigenvalue weighted by Gasteiger charge is 2.24. The minimum Gasteiger partial charge on any atom is -0.324 e. The number of aryl methyl sites for hydroxylation is 1. The molecule has 1 heterocycles. The number of nitrogens with two attached hydrogens (primary N) is 1. The molecular formula is C12H23ClN2O2S2. The molecule has 0 bridgehead atoms. The van der Waals surface area contributed by atoms with E-state index in [-0.39, 0.29) is 19.0 Å². The number of nitrogens with one attached hydrogen (secondary N) is 1. The Morgan fingerprint density at radius 1 is 1.26 bits per heavy atom. The molecule has 4 nitrogen and oxygen atoms in total. The van der Waals surface area contributed by atoms with E-state index in [1.807, 2.05) is 26.8 Å². The van der Waals surface area contributed by atoms with Gasteiger partial charge in [-0.05, 0) is 31.4 Å². The third kappa shape index (κ3) is 5.04. The van der Waals surface area contributed by atoms with Gasteiger partial charge in [-0.3, -0.25) is 0 Å². The minimum absolute atomic E-state index is 0. The van der Waals surface area contributed by atoms with Crippen molar-refractivity contribution in [3.63, 3.8) is 0 Å². The first kappa shape index (κ1) is 18.9. The molecule has 0 aliphatic carbocycles. The fourth-order valence-electron chi connectivity index (χ4n) is 1.50. The second kappa shape index (κ2) is 7.59. The van der Waals surface area contributed by atoms with Gasteiger partial charge in [-0.1, -0.05) is 20.8 Å². The van der Waals surface area contributed by atoms with Crippen LogP contribution in [0.2, 0.25) is 0 Å². The molecule has 0 atom stereocenters. The first-order chi connectivity index (χ1) is 8.37. The summed E-state index contributed by atoms with van der Waals surface area (Å²) in [5.41, 5.74) is 5.63. The SMILES string of the molecule is CCc1ccc(S(=O)(=O)NCC(N)(CC)CC)s1.Cl. The highest BCUT2D eigenvalue weighted by Crippen LogP contribution is 2.22. The zero-order valence-corrected chi connectivity index (χ0v) is 14.1. The Hall–Kier alpha value is -0.140. The molecule has 0 saturated carbocycles. The largest absolute Gasteiger partial charge is 0.324 e. The van der Waals surface area contributed by atoms with Crippen LogP contribution in [-0.2, 0) is 16.4 Å². The van der Waals surface area contributed by atoms with Crippen LogP contribution in [0, 0.1) is 0 Å². The molecule has 0 aromatic carbocycles. The number of halogens is 1. The van der Waals surface area contributed by atoms with Gasteiger partial charge in [0.25, 0.3) is 0 Å². The van der Waals surface area contributed by atoms with Gasteiger partial charge in [-0.15, -0.1) is 23.7 Å². The van der Waals surface area contributed by atoms with E-state index < -0.39 is 15.6 Å². The smallest absolute Gasteiger partial charge is 0.250 e. The summed E-state index contributed by atoms with van der Waals surface area (Å²) in [5, 5.41) is 0. The van der Waals surface area contributed by atoms with Gasteiger partial charge in [0.05, 0.1) is 0 Å². The number of thiophene rings is 1. The zero-order chi connectivity index (χ0) is 13.8. The monoisotopic (exact) mass is 326 g/mol. The van der Waals surface area contributed by atoms with Gasteiger partial charge >= 0.3 is 0 Å². The van der Waals surface area contributed by atoms with Gasteiger partial charge in [0, 0.05) is 17.0 Å². The highest BCUT2D eigenvalue weighted by atomic mass is 35.5. The number of hydrogen-bond acceptors (Lipinski definition) is 4. The molecule has 1 aromatic heterocycles. The summed E-state index contributed by atoms with van der Waals surface area (Å²) in [6.07, 6.45) is 2.35. The molecule has 0 saturated heterocycles. The van der Waals surface area contributed by atoms with Crippen molar-refractivity contribution in [1.29, 1.82) is 0 Å². The lowest BCUT2D eigenvalue weighted by Gasteiger charge is -2.26. The van der Waals surface area contributed by atoms with Crippen LogP contribution in [-0.4, -0.2) is 20.5 Å².